The van der Waals surface area contributed by atoms with Gasteiger partial charge in [0.05, 0.1) is 11.9 Å². The topological polar surface area (TPSA) is 42.7 Å². The van der Waals surface area contributed by atoms with Crippen molar-refractivity contribution in [2.24, 2.45) is 7.05 Å². The molecule has 4 heteroatoms. The fraction of sp³-hybridized carbons (Fsp3) is 0.429. The SMILES string of the molecule is CCNC1CCc2c(-c3cnnn3C)cccc21. The molecule has 1 aromatic carbocycles. The maximum absolute atomic E-state index is 4.02. The van der Waals surface area contributed by atoms with E-state index in [-0.39, 0.29) is 0 Å². The molecular weight excluding hydrogens is 224 g/mol. The van der Waals surface area contributed by atoms with E-state index in [9.17, 15) is 0 Å². The highest BCUT2D eigenvalue weighted by Crippen LogP contribution is 2.37. The van der Waals surface area contributed by atoms with Crippen molar-refractivity contribution in [2.75, 3.05) is 6.54 Å². The molecule has 1 unspecified atom stereocenters. The summed E-state index contributed by atoms with van der Waals surface area (Å²) >= 11 is 0. The van der Waals surface area contributed by atoms with Gasteiger partial charge < -0.3 is 5.32 Å². The molecule has 1 N–H and O–H groups in total. The lowest BCUT2D eigenvalue weighted by Gasteiger charge is -2.13. The molecule has 2 aromatic rings. The molecule has 0 aliphatic heterocycles. The number of hydrogen-bond acceptors (Lipinski definition) is 3. The molecule has 1 aromatic heterocycles. The zero-order chi connectivity index (χ0) is 12.5. The van der Waals surface area contributed by atoms with Crippen molar-refractivity contribution >= 4 is 0 Å². The summed E-state index contributed by atoms with van der Waals surface area (Å²) < 4.78 is 1.84. The van der Waals surface area contributed by atoms with Crippen LogP contribution in [0.2, 0.25) is 0 Å². The molecule has 0 spiro atoms. The molecule has 0 fully saturated rings. The number of nitrogens with zero attached hydrogens (tertiary/aromatic N) is 3. The summed E-state index contributed by atoms with van der Waals surface area (Å²) in [6.45, 7) is 3.18. The van der Waals surface area contributed by atoms with E-state index in [1.54, 1.807) is 0 Å². The first-order valence-electron chi connectivity index (χ1n) is 6.51. The summed E-state index contributed by atoms with van der Waals surface area (Å²) in [7, 11) is 1.94. The van der Waals surface area contributed by atoms with E-state index in [2.05, 4.69) is 40.8 Å². The Morgan fingerprint density at radius 1 is 1.44 bits per heavy atom. The number of aryl methyl sites for hydroxylation is 1. The Morgan fingerprint density at radius 3 is 3.06 bits per heavy atom. The van der Waals surface area contributed by atoms with Crippen LogP contribution < -0.4 is 5.32 Å². The largest absolute Gasteiger partial charge is 0.310 e. The minimum absolute atomic E-state index is 0.506. The maximum Gasteiger partial charge on any atom is 0.0885 e. The van der Waals surface area contributed by atoms with Gasteiger partial charge in [0, 0.05) is 18.7 Å². The molecule has 94 valence electrons. The Balaban J connectivity index is 2.07. The Morgan fingerprint density at radius 2 is 2.33 bits per heavy atom. The highest BCUT2D eigenvalue weighted by Gasteiger charge is 2.24. The van der Waals surface area contributed by atoms with Gasteiger partial charge in [-0.1, -0.05) is 30.3 Å². The highest BCUT2D eigenvalue weighted by atomic mass is 15.4. The Hall–Kier alpha value is -1.68. The van der Waals surface area contributed by atoms with E-state index in [0.29, 0.717) is 6.04 Å². The third kappa shape index (κ3) is 1.73. The maximum atomic E-state index is 4.02. The number of nitrogens with one attached hydrogen (secondary N) is 1. The number of benzene rings is 1. The molecular formula is C14H18N4. The summed E-state index contributed by atoms with van der Waals surface area (Å²) in [5.74, 6) is 0. The van der Waals surface area contributed by atoms with Gasteiger partial charge in [0.25, 0.3) is 0 Å². The summed E-state index contributed by atoms with van der Waals surface area (Å²) in [6.07, 6.45) is 4.16. The van der Waals surface area contributed by atoms with Gasteiger partial charge in [-0.3, -0.25) is 0 Å². The van der Waals surface area contributed by atoms with Gasteiger partial charge in [-0.05, 0) is 30.5 Å². The fourth-order valence-electron chi connectivity index (χ4n) is 2.89. The van der Waals surface area contributed by atoms with Crippen molar-refractivity contribution in [1.29, 1.82) is 0 Å². The van der Waals surface area contributed by atoms with E-state index in [1.165, 1.54) is 23.1 Å². The third-order valence-corrected chi connectivity index (χ3v) is 3.71. The summed E-state index contributed by atoms with van der Waals surface area (Å²) in [5, 5.41) is 11.6. The van der Waals surface area contributed by atoms with Crippen LogP contribution in [0, 0.1) is 0 Å². The smallest absolute Gasteiger partial charge is 0.0885 e. The Labute approximate surface area is 107 Å². The second-order valence-corrected chi connectivity index (χ2v) is 4.77. The number of hydrogen-bond donors (Lipinski definition) is 1. The van der Waals surface area contributed by atoms with E-state index < -0.39 is 0 Å². The zero-order valence-electron chi connectivity index (χ0n) is 10.8. The highest BCUT2D eigenvalue weighted by molar-refractivity contribution is 5.66. The standard InChI is InChI=1S/C14H18N4/c1-3-15-13-8-7-10-11(13)5-4-6-12(10)14-9-16-17-18(14)2/h4-6,9,13,15H,3,7-8H2,1-2H3. The van der Waals surface area contributed by atoms with Crippen molar-refractivity contribution in [1.82, 2.24) is 20.3 Å². The fourth-order valence-corrected chi connectivity index (χ4v) is 2.89. The van der Waals surface area contributed by atoms with Crippen LogP contribution in [0.4, 0.5) is 0 Å². The van der Waals surface area contributed by atoms with Crippen molar-refractivity contribution in [3.05, 3.63) is 35.5 Å². The third-order valence-electron chi connectivity index (χ3n) is 3.71. The van der Waals surface area contributed by atoms with E-state index in [4.69, 9.17) is 0 Å². The normalized spacial score (nSPS) is 18.0. The van der Waals surface area contributed by atoms with E-state index >= 15 is 0 Å². The van der Waals surface area contributed by atoms with Gasteiger partial charge >= 0.3 is 0 Å². The van der Waals surface area contributed by atoms with Gasteiger partial charge in [0.15, 0.2) is 0 Å². The van der Waals surface area contributed by atoms with Crippen LogP contribution in [-0.2, 0) is 13.5 Å². The van der Waals surface area contributed by atoms with Gasteiger partial charge in [-0.15, -0.1) is 5.10 Å². The lowest BCUT2D eigenvalue weighted by Crippen LogP contribution is -2.18. The van der Waals surface area contributed by atoms with Crippen LogP contribution in [0.25, 0.3) is 11.3 Å². The minimum Gasteiger partial charge on any atom is -0.310 e. The molecule has 1 heterocycles. The zero-order valence-corrected chi connectivity index (χ0v) is 10.8. The second-order valence-electron chi connectivity index (χ2n) is 4.77. The van der Waals surface area contributed by atoms with Crippen molar-refractivity contribution in [3.63, 3.8) is 0 Å². The Kier molecular flexibility index (Phi) is 2.88. The molecule has 3 rings (SSSR count). The molecule has 0 radical (unpaired) electrons. The lowest BCUT2D eigenvalue weighted by molar-refractivity contribution is 0.549. The van der Waals surface area contributed by atoms with Gasteiger partial charge in [0.1, 0.15) is 0 Å². The summed E-state index contributed by atoms with van der Waals surface area (Å²) in [6, 6.07) is 7.05. The van der Waals surface area contributed by atoms with Gasteiger partial charge in [-0.25, -0.2) is 4.68 Å². The van der Waals surface area contributed by atoms with Crippen LogP contribution in [0.15, 0.2) is 24.4 Å². The first-order chi connectivity index (χ1) is 8.81. The van der Waals surface area contributed by atoms with Gasteiger partial charge in [0.2, 0.25) is 0 Å². The van der Waals surface area contributed by atoms with Crippen molar-refractivity contribution in [2.45, 2.75) is 25.8 Å². The van der Waals surface area contributed by atoms with Crippen LogP contribution in [0.5, 0.6) is 0 Å². The lowest BCUT2D eigenvalue weighted by atomic mass is 10.0. The van der Waals surface area contributed by atoms with Crippen LogP contribution in [-0.4, -0.2) is 21.5 Å². The minimum atomic E-state index is 0.506. The average Bonchev–Trinajstić information content (AvgIpc) is 2.97. The number of fused-ring (bicyclic) bond motifs is 1. The van der Waals surface area contributed by atoms with E-state index in [1.807, 2.05) is 17.9 Å². The second kappa shape index (κ2) is 4.53. The molecule has 4 nitrogen and oxygen atoms in total. The molecule has 0 bridgehead atoms. The predicted molar refractivity (Wildman–Crippen MR) is 71.2 cm³/mol. The first kappa shape index (κ1) is 11.4. The quantitative estimate of drug-likeness (QED) is 0.896. The van der Waals surface area contributed by atoms with Gasteiger partial charge in [-0.2, -0.15) is 0 Å². The molecule has 1 aliphatic rings. The number of aromatic nitrogens is 3. The van der Waals surface area contributed by atoms with Crippen molar-refractivity contribution in [3.8, 4) is 11.3 Å². The molecule has 18 heavy (non-hydrogen) atoms. The molecule has 1 aliphatic carbocycles. The Bertz CT molecular complexity index is 559. The molecule has 0 saturated carbocycles. The molecule has 0 saturated heterocycles. The van der Waals surface area contributed by atoms with Crippen molar-refractivity contribution < 1.29 is 0 Å². The molecule has 0 amide bonds. The number of rotatable bonds is 3. The monoisotopic (exact) mass is 242 g/mol. The summed E-state index contributed by atoms with van der Waals surface area (Å²) in [4.78, 5) is 0. The van der Waals surface area contributed by atoms with Crippen LogP contribution in [0.1, 0.15) is 30.5 Å². The first-order valence-corrected chi connectivity index (χ1v) is 6.51. The summed E-state index contributed by atoms with van der Waals surface area (Å²) in [5.41, 5.74) is 5.27. The predicted octanol–water partition coefficient (Wildman–Crippen LogP) is 2.08. The van der Waals surface area contributed by atoms with Crippen LogP contribution in [0.3, 0.4) is 0 Å². The molecule has 1 atom stereocenters. The van der Waals surface area contributed by atoms with Crippen LogP contribution >= 0.6 is 0 Å². The average molecular weight is 242 g/mol. The van der Waals surface area contributed by atoms with E-state index in [0.717, 1.165) is 18.7 Å².